The molecule has 1 atom stereocenters. The molecule has 136 valence electrons. The summed E-state index contributed by atoms with van der Waals surface area (Å²) in [6.45, 7) is 7.92. The van der Waals surface area contributed by atoms with Crippen molar-refractivity contribution in [3.8, 4) is 5.75 Å². The summed E-state index contributed by atoms with van der Waals surface area (Å²) >= 11 is 0. The number of carbonyl (C=O) groups is 2. The molecule has 1 unspecified atom stereocenters. The molecule has 24 heavy (non-hydrogen) atoms. The maximum absolute atomic E-state index is 12.3. The molecule has 1 aromatic rings. The van der Waals surface area contributed by atoms with E-state index < -0.39 is 6.04 Å². The van der Waals surface area contributed by atoms with Gasteiger partial charge >= 0.3 is 0 Å². The van der Waals surface area contributed by atoms with E-state index in [1.807, 2.05) is 20.8 Å². The van der Waals surface area contributed by atoms with Gasteiger partial charge in [0, 0.05) is 18.7 Å². The van der Waals surface area contributed by atoms with Gasteiger partial charge < -0.3 is 20.7 Å². The minimum Gasteiger partial charge on any atom is -0.497 e. The Balaban J connectivity index is 0.00000529. The summed E-state index contributed by atoms with van der Waals surface area (Å²) < 4.78 is 5.07. The molecule has 2 amide bonds. The van der Waals surface area contributed by atoms with Gasteiger partial charge in [0.15, 0.2) is 0 Å². The Morgan fingerprint density at radius 1 is 1.12 bits per heavy atom. The van der Waals surface area contributed by atoms with Crippen molar-refractivity contribution >= 4 is 24.2 Å². The second-order valence-corrected chi connectivity index (χ2v) is 5.57. The third kappa shape index (κ3) is 7.19. The highest BCUT2D eigenvalue weighted by molar-refractivity contribution is 5.97. The molecule has 0 aromatic heterocycles. The van der Waals surface area contributed by atoms with Gasteiger partial charge in [-0.05, 0) is 36.7 Å². The Hall–Kier alpha value is -1.79. The lowest BCUT2D eigenvalue weighted by Gasteiger charge is -2.22. The number of nitrogens with one attached hydrogen (secondary N) is 3. The summed E-state index contributed by atoms with van der Waals surface area (Å²) in [6.07, 6.45) is 0. The number of amides is 2. The number of methoxy groups -OCH3 is 1. The van der Waals surface area contributed by atoms with Gasteiger partial charge in [0.2, 0.25) is 5.91 Å². The molecule has 0 heterocycles. The summed E-state index contributed by atoms with van der Waals surface area (Å²) in [4.78, 5) is 24.5. The number of hydrogen-bond acceptors (Lipinski definition) is 4. The molecule has 0 aliphatic carbocycles. The molecule has 0 saturated heterocycles. The van der Waals surface area contributed by atoms with Crippen LogP contribution in [-0.4, -0.2) is 44.6 Å². The number of likely N-dealkylation sites (N-methyl/N-ethyl adjacent to an activating group) is 1. The fourth-order valence-electron chi connectivity index (χ4n) is 2.06. The normalized spacial score (nSPS) is 11.4. The average Bonchev–Trinajstić information content (AvgIpc) is 2.56. The van der Waals surface area contributed by atoms with Gasteiger partial charge in [-0.15, -0.1) is 12.4 Å². The quantitative estimate of drug-likeness (QED) is 0.586. The largest absolute Gasteiger partial charge is 0.497 e. The molecule has 0 aliphatic rings. The van der Waals surface area contributed by atoms with Gasteiger partial charge in [0.1, 0.15) is 11.8 Å². The molecule has 0 saturated carbocycles. The standard InChI is InChI=1S/C17H27N3O3.ClH/c1-5-18-10-11-19-17(22)15(12(2)3)20-16(21)13-6-8-14(23-4)9-7-13;/h6-9,12,15,18H,5,10-11H2,1-4H3,(H,19,22)(H,20,21);1H. The van der Waals surface area contributed by atoms with Crippen molar-refractivity contribution in [3.63, 3.8) is 0 Å². The third-order valence-corrected chi connectivity index (χ3v) is 3.44. The van der Waals surface area contributed by atoms with E-state index in [4.69, 9.17) is 4.74 Å². The Bertz CT molecular complexity index is 506. The number of halogens is 1. The van der Waals surface area contributed by atoms with E-state index in [-0.39, 0.29) is 30.1 Å². The topological polar surface area (TPSA) is 79.5 Å². The Labute approximate surface area is 150 Å². The van der Waals surface area contributed by atoms with E-state index in [9.17, 15) is 9.59 Å². The minimum absolute atomic E-state index is 0. The van der Waals surface area contributed by atoms with Crippen LogP contribution >= 0.6 is 12.4 Å². The van der Waals surface area contributed by atoms with Gasteiger partial charge in [0.25, 0.3) is 5.91 Å². The fourth-order valence-corrected chi connectivity index (χ4v) is 2.06. The van der Waals surface area contributed by atoms with Gasteiger partial charge in [-0.2, -0.15) is 0 Å². The van der Waals surface area contributed by atoms with Gasteiger partial charge in [-0.3, -0.25) is 9.59 Å². The van der Waals surface area contributed by atoms with Crippen molar-refractivity contribution in [2.75, 3.05) is 26.7 Å². The van der Waals surface area contributed by atoms with Crippen LogP contribution in [0.1, 0.15) is 31.1 Å². The summed E-state index contributed by atoms with van der Waals surface area (Å²) in [5.74, 6) is 0.243. The van der Waals surface area contributed by atoms with Crippen LogP contribution in [0, 0.1) is 5.92 Å². The second-order valence-electron chi connectivity index (χ2n) is 5.57. The molecule has 0 fully saturated rings. The highest BCUT2D eigenvalue weighted by Gasteiger charge is 2.24. The molecule has 1 aromatic carbocycles. The fraction of sp³-hybridized carbons (Fsp3) is 0.529. The maximum Gasteiger partial charge on any atom is 0.251 e. The summed E-state index contributed by atoms with van der Waals surface area (Å²) in [7, 11) is 1.57. The summed E-state index contributed by atoms with van der Waals surface area (Å²) in [6, 6.07) is 6.22. The average molecular weight is 358 g/mol. The predicted octanol–water partition coefficient (Wildman–Crippen LogP) is 1.60. The molecule has 0 radical (unpaired) electrons. The van der Waals surface area contributed by atoms with E-state index in [0.29, 0.717) is 24.4 Å². The molecule has 1 rings (SSSR count). The smallest absolute Gasteiger partial charge is 0.251 e. The monoisotopic (exact) mass is 357 g/mol. The van der Waals surface area contributed by atoms with Crippen molar-refractivity contribution in [1.29, 1.82) is 0 Å². The first-order chi connectivity index (χ1) is 11.0. The van der Waals surface area contributed by atoms with Crippen molar-refractivity contribution in [3.05, 3.63) is 29.8 Å². The lowest BCUT2D eigenvalue weighted by atomic mass is 10.0. The third-order valence-electron chi connectivity index (χ3n) is 3.44. The molecule has 0 bridgehead atoms. The Morgan fingerprint density at radius 2 is 1.75 bits per heavy atom. The zero-order chi connectivity index (χ0) is 17.2. The first-order valence-corrected chi connectivity index (χ1v) is 7.93. The zero-order valence-electron chi connectivity index (χ0n) is 14.7. The molecule has 3 N–H and O–H groups in total. The van der Waals surface area contributed by atoms with Crippen LogP contribution in [0.4, 0.5) is 0 Å². The number of rotatable bonds is 9. The molecular formula is C17H28ClN3O3. The van der Waals surface area contributed by atoms with Gasteiger partial charge in [-0.1, -0.05) is 20.8 Å². The SMILES string of the molecule is CCNCCNC(=O)C(NC(=O)c1ccc(OC)cc1)C(C)C.Cl. The van der Waals surface area contributed by atoms with Crippen LogP contribution in [-0.2, 0) is 4.79 Å². The van der Waals surface area contributed by atoms with Crippen LogP contribution < -0.4 is 20.7 Å². The first kappa shape index (κ1) is 22.2. The van der Waals surface area contributed by atoms with E-state index in [1.165, 1.54) is 0 Å². The highest BCUT2D eigenvalue weighted by Crippen LogP contribution is 2.12. The van der Waals surface area contributed by atoms with Gasteiger partial charge in [0.05, 0.1) is 7.11 Å². The van der Waals surface area contributed by atoms with Crippen LogP contribution in [0.3, 0.4) is 0 Å². The maximum atomic E-state index is 12.3. The van der Waals surface area contributed by atoms with Crippen LogP contribution in [0.2, 0.25) is 0 Å². The van der Waals surface area contributed by atoms with Crippen molar-refractivity contribution in [2.24, 2.45) is 5.92 Å². The van der Waals surface area contributed by atoms with Crippen LogP contribution in [0.5, 0.6) is 5.75 Å². The molecule has 6 nitrogen and oxygen atoms in total. The van der Waals surface area contributed by atoms with Gasteiger partial charge in [-0.25, -0.2) is 0 Å². The van der Waals surface area contributed by atoms with E-state index in [0.717, 1.165) is 6.54 Å². The Morgan fingerprint density at radius 3 is 2.25 bits per heavy atom. The minimum atomic E-state index is -0.564. The summed E-state index contributed by atoms with van der Waals surface area (Å²) in [5.41, 5.74) is 0.497. The predicted molar refractivity (Wildman–Crippen MR) is 97.9 cm³/mol. The first-order valence-electron chi connectivity index (χ1n) is 7.93. The summed E-state index contributed by atoms with van der Waals surface area (Å²) in [5, 5.41) is 8.77. The number of benzene rings is 1. The number of ether oxygens (including phenoxy) is 1. The number of carbonyl (C=O) groups excluding carboxylic acids is 2. The van der Waals surface area contributed by atoms with Crippen molar-refractivity contribution < 1.29 is 14.3 Å². The highest BCUT2D eigenvalue weighted by atomic mass is 35.5. The van der Waals surface area contributed by atoms with Crippen molar-refractivity contribution in [1.82, 2.24) is 16.0 Å². The molecular weight excluding hydrogens is 330 g/mol. The van der Waals surface area contributed by atoms with Crippen LogP contribution in [0.15, 0.2) is 24.3 Å². The lowest BCUT2D eigenvalue weighted by molar-refractivity contribution is -0.123. The molecule has 0 aliphatic heterocycles. The second kappa shape index (κ2) is 11.7. The molecule has 0 spiro atoms. The number of hydrogen-bond donors (Lipinski definition) is 3. The van der Waals surface area contributed by atoms with E-state index in [1.54, 1.807) is 31.4 Å². The lowest BCUT2D eigenvalue weighted by Crippen LogP contribution is -2.50. The zero-order valence-corrected chi connectivity index (χ0v) is 15.5. The van der Waals surface area contributed by atoms with Crippen LogP contribution in [0.25, 0.3) is 0 Å². The Kier molecular flexibility index (Phi) is 10.8. The molecule has 7 heteroatoms. The van der Waals surface area contributed by atoms with Crippen molar-refractivity contribution in [2.45, 2.75) is 26.8 Å². The van der Waals surface area contributed by atoms with E-state index >= 15 is 0 Å². The van der Waals surface area contributed by atoms with E-state index in [2.05, 4.69) is 16.0 Å².